The first-order chi connectivity index (χ1) is 8.89. The van der Waals surface area contributed by atoms with Crippen molar-refractivity contribution in [3.05, 3.63) is 27.0 Å². The molecule has 1 saturated heterocycles. The van der Waals surface area contributed by atoms with Gasteiger partial charge in [0.05, 0.1) is 20.9 Å². The largest absolute Gasteiger partial charge is 0.375 e. The van der Waals surface area contributed by atoms with Crippen LogP contribution in [-0.2, 0) is 9.84 Å². The molecule has 1 unspecified atom stereocenters. The molecular formula is C10H12BrN3O4S. The van der Waals surface area contributed by atoms with Crippen molar-refractivity contribution in [1.82, 2.24) is 4.98 Å². The molecule has 0 radical (unpaired) electrons. The van der Waals surface area contributed by atoms with Gasteiger partial charge in [-0.1, -0.05) is 0 Å². The molecule has 104 valence electrons. The maximum atomic E-state index is 11.6. The minimum absolute atomic E-state index is 0.00107. The van der Waals surface area contributed by atoms with Gasteiger partial charge in [0.1, 0.15) is 11.9 Å². The standard InChI is InChI=1S/C10H12BrN3O4S/c11-8-4-12-5-9(14(15)16)10(8)13-7-2-1-3-19(17,18)6-7/h4-5,7H,1-3,6H2,(H,12,13). The number of nitrogens with one attached hydrogen (secondary N) is 1. The molecule has 19 heavy (non-hydrogen) atoms. The van der Waals surface area contributed by atoms with Gasteiger partial charge in [-0.05, 0) is 28.8 Å². The van der Waals surface area contributed by atoms with Crippen molar-refractivity contribution in [2.45, 2.75) is 18.9 Å². The highest BCUT2D eigenvalue weighted by Gasteiger charge is 2.27. The molecule has 0 amide bonds. The van der Waals surface area contributed by atoms with Crippen LogP contribution in [0, 0.1) is 10.1 Å². The third-order valence-corrected chi connectivity index (χ3v) is 5.31. The Kier molecular flexibility index (Phi) is 4.04. The lowest BCUT2D eigenvalue weighted by molar-refractivity contribution is -0.384. The molecule has 0 saturated carbocycles. The number of hydrogen-bond acceptors (Lipinski definition) is 6. The third-order valence-electron chi connectivity index (χ3n) is 2.89. The van der Waals surface area contributed by atoms with Crippen molar-refractivity contribution in [1.29, 1.82) is 0 Å². The summed E-state index contributed by atoms with van der Waals surface area (Å²) in [6.07, 6.45) is 3.82. The van der Waals surface area contributed by atoms with Crippen LogP contribution in [0.25, 0.3) is 0 Å². The summed E-state index contributed by atoms with van der Waals surface area (Å²) in [7, 11) is -3.06. The molecule has 7 nitrogen and oxygen atoms in total. The molecular weight excluding hydrogens is 338 g/mol. The van der Waals surface area contributed by atoms with Crippen LogP contribution in [0.15, 0.2) is 16.9 Å². The van der Waals surface area contributed by atoms with Crippen LogP contribution in [0.4, 0.5) is 11.4 Å². The van der Waals surface area contributed by atoms with E-state index in [2.05, 4.69) is 26.2 Å². The summed E-state index contributed by atoms with van der Waals surface area (Å²) in [4.78, 5) is 14.1. The van der Waals surface area contributed by atoms with Crippen molar-refractivity contribution in [2.24, 2.45) is 0 Å². The molecule has 1 N–H and O–H groups in total. The number of sulfone groups is 1. The molecule has 1 aliphatic rings. The highest BCUT2D eigenvalue weighted by atomic mass is 79.9. The molecule has 0 aromatic carbocycles. The fourth-order valence-corrected chi connectivity index (χ4v) is 4.12. The van der Waals surface area contributed by atoms with Gasteiger partial charge in [-0.3, -0.25) is 15.1 Å². The van der Waals surface area contributed by atoms with Gasteiger partial charge >= 0.3 is 5.69 Å². The molecule has 1 fully saturated rings. The van der Waals surface area contributed by atoms with Gasteiger partial charge in [0.2, 0.25) is 0 Å². The van der Waals surface area contributed by atoms with E-state index >= 15 is 0 Å². The Hall–Kier alpha value is -1.22. The topological polar surface area (TPSA) is 102 Å². The number of hydrogen-bond donors (Lipinski definition) is 1. The average Bonchev–Trinajstić information content (AvgIpc) is 2.30. The quantitative estimate of drug-likeness (QED) is 0.658. The maximum Gasteiger partial charge on any atom is 0.311 e. The second-order valence-electron chi connectivity index (χ2n) is 4.37. The Morgan fingerprint density at radius 2 is 2.21 bits per heavy atom. The zero-order valence-electron chi connectivity index (χ0n) is 9.87. The third kappa shape index (κ3) is 3.41. The van der Waals surface area contributed by atoms with Crippen LogP contribution in [0.1, 0.15) is 12.8 Å². The van der Waals surface area contributed by atoms with Crippen LogP contribution in [0.5, 0.6) is 0 Å². The van der Waals surface area contributed by atoms with Crippen molar-refractivity contribution in [3.63, 3.8) is 0 Å². The predicted octanol–water partition coefficient (Wildman–Crippen LogP) is 1.74. The summed E-state index contributed by atoms with van der Waals surface area (Å²) in [6.45, 7) is 0. The molecule has 1 aromatic rings. The van der Waals surface area contributed by atoms with E-state index < -0.39 is 14.8 Å². The number of nitro groups is 1. The van der Waals surface area contributed by atoms with Gasteiger partial charge in [-0.2, -0.15) is 0 Å². The number of halogens is 1. The Bertz CT molecular complexity index is 605. The molecule has 0 spiro atoms. The van der Waals surface area contributed by atoms with Gasteiger partial charge < -0.3 is 5.32 Å². The highest BCUT2D eigenvalue weighted by molar-refractivity contribution is 9.10. The fourth-order valence-electron chi connectivity index (χ4n) is 2.05. The lowest BCUT2D eigenvalue weighted by Gasteiger charge is -2.24. The monoisotopic (exact) mass is 349 g/mol. The SMILES string of the molecule is O=[N+]([O-])c1cncc(Br)c1NC1CCCS(=O)(=O)C1. The second-order valence-corrected chi connectivity index (χ2v) is 7.45. The first-order valence-electron chi connectivity index (χ1n) is 5.64. The Balaban J connectivity index is 2.26. The molecule has 2 rings (SSSR count). The lowest BCUT2D eigenvalue weighted by Crippen LogP contribution is -2.35. The first kappa shape index (κ1) is 14.2. The van der Waals surface area contributed by atoms with Crippen LogP contribution in [0.3, 0.4) is 0 Å². The van der Waals surface area contributed by atoms with Gasteiger partial charge in [-0.25, -0.2) is 8.42 Å². The van der Waals surface area contributed by atoms with Crippen molar-refractivity contribution in [2.75, 3.05) is 16.8 Å². The predicted molar refractivity (Wildman–Crippen MR) is 73.9 cm³/mol. The smallest absolute Gasteiger partial charge is 0.311 e. The zero-order valence-corrected chi connectivity index (χ0v) is 12.3. The van der Waals surface area contributed by atoms with Gasteiger partial charge in [0, 0.05) is 12.2 Å². The van der Waals surface area contributed by atoms with Crippen LogP contribution in [0.2, 0.25) is 0 Å². The number of pyridine rings is 1. The van der Waals surface area contributed by atoms with Gasteiger partial charge in [0.15, 0.2) is 9.84 Å². The van der Waals surface area contributed by atoms with Crippen molar-refractivity contribution >= 4 is 37.1 Å². The minimum Gasteiger partial charge on any atom is -0.375 e. The summed E-state index contributed by atoms with van der Waals surface area (Å²) >= 11 is 3.19. The number of nitrogens with zero attached hydrogens (tertiary/aromatic N) is 2. The van der Waals surface area contributed by atoms with E-state index in [1.54, 1.807) is 0 Å². The summed E-state index contributed by atoms with van der Waals surface area (Å²) in [5, 5.41) is 13.9. The van der Waals surface area contributed by atoms with E-state index in [0.717, 1.165) is 6.20 Å². The highest BCUT2D eigenvalue weighted by Crippen LogP contribution is 2.32. The fraction of sp³-hybridized carbons (Fsp3) is 0.500. The molecule has 0 bridgehead atoms. The molecule has 0 aliphatic carbocycles. The Morgan fingerprint density at radius 1 is 1.47 bits per heavy atom. The van der Waals surface area contributed by atoms with Gasteiger partial charge in [0.25, 0.3) is 0 Å². The summed E-state index contributed by atoms with van der Waals surface area (Å²) < 4.78 is 23.6. The normalized spacial score (nSPS) is 21.8. The average molecular weight is 350 g/mol. The maximum absolute atomic E-state index is 11.6. The summed E-state index contributed by atoms with van der Waals surface area (Å²) in [6, 6.07) is -0.309. The number of rotatable bonds is 3. The van der Waals surface area contributed by atoms with E-state index in [1.165, 1.54) is 6.20 Å². The Morgan fingerprint density at radius 3 is 2.84 bits per heavy atom. The lowest BCUT2D eigenvalue weighted by atomic mass is 10.1. The van der Waals surface area contributed by atoms with E-state index in [-0.39, 0.29) is 28.9 Å². The second kappa shape index (κ2) is 5.41. The number of anilines is 1. The van der Waals surface area contributed by atoms with E-state index in [9.17, 15) is 18.5 Å². The van der Waals surface area contributed by atoms with E-state index in [0.29, 0.717) is 17.3 Å². The first-order valence-corrected chi connectivity index (χ1v) is 8.25. The molecule has 1 atom stereocenters. The van der Waals surface area contributed by atoms with Crippen LogP contribution >= 0.6 is 15.9 Å². The van der Waals surface area contributed by atoms with E-state index in [4.69, 9.17) is 0 Å². The molecule has 9 heteroatoms. The van der Waals surface area contributed by atoms with E-state index in [1.807, 2.05) is 0 Å². The van der Waals surface area contributed by atoms with Gasteiger partial charge in [-0.15, -0.1) is 0 Å². The minimum atomic E-state index is -3.06. The Labute approximate surface area is 118 Å². The number of aromatic nitrogens is 1. The molecule has 1 aliphatic heterocycles. The molecule has 1 aromatic heterocycles. The van der Waals surface area contributed by atoms with Crippen molar-refractivity contribution in [3.8, 4) is 0 Å². The zero-order chi connectivity index (χ0) is 14.0. The van der Waals surface area contributed by atoms with Crippen LogP contribution in [-0.4, -0.2) is 35.9 Å². The van der Waals surface area contributed by atoms with Crippen LogP contribution < -0.4 is 5.32 Å². The van der Waals surface area contributed by atoms with Crippen molar-refractivity contribution < 1.29 is 13.3 Å². The summed E-state index contributed by atoms with van der Waals surface area (Å²) in [5.74, 6) is 0.184. The molecule has 2 heterocycles. The summed E-state index contributed by atoms with van der Waals surface area (Å²) in [5.41, 5.74) is 0.111.